The van der Waals surface area contributed by atoms with Gasteiger partial charge in [0.15, 0.2) is 5.78 Å². The monoisotopic (exact) mass is 476 g/mol. The van der Waals surface area contributed by atoms with Crippen LogP contribution in [0.4, 0.5) is 11.4 Å². The minimum atomic E-state index is -3.77. The Morgan fingerprint density at radius 2 is 1.58 bits per heavy atom. The van der Waals surface area contributed by atoms with Gasteiger partial charge >= 0.3 is 0 Å². The van der Waals surface area contributed by atoms with Gasteiger partial charge in [-0.25, -0.2) is 8.42 Å². The lowest BCUT2D eigenvalue weighted by molar-refractivity contribution is -0.114. The number of nitrogens with one attached hydrogen (secondary N) is 1. The van der Waals surface area contributed by atoms with E-state index in [1.165, 1.54) is 30.3 Å². The van der Waals surface area contributed by atoms with Gasteiger partial charge in [-0.1, -0.05) is 59.6 Å². The van der Waals surface area contributed by atoms with Gasteiger partial charge in [-0.15, -0.1) is 0 Å². The van der Waals surface area contributed by atoms with E-state index in [1.54, 1.807) is 42.5 Å². The Morgan fingerprint density at radius 3 is 2.23 bits per heavy atom. The largest absolute Gasteiger partial charge is 0.324 e. The van der Waals surface area contributed by atoms with Gasteiger partial charge in [0.05, 0.1) is 17.6 Å². The third-order valence-electron chi connectivity index (χ3n) is 4.32. The minimum Gasteiger partial charge on any atom is -0.324 e. The van der Waals surface area contributed by atoms with Gasteiger partial charge < -0.3 is 5.32 Å². The zero-order valence-corrected chi connectivity index (χ0v) is 18.7. The van der Waals surface area contributed by atoms with Crippen LogP contribution in [0.1, 0.15) is 15.9 Å². The van der Waals surface area contributed by atoms with Crippen LogP contribution in [-0.2, 0) is 14.8 Å². The molecule has 1 amide bonds. The summed E-state index contributed by atoms with van der Waals surface area (Å²) in [6.45, 7) is -0.499. The second kappa shape index (κ2) is 9.51. The first-order valence-electron chi connectivity index (χ1n) is 9.07. The van der Waals surface area contributed by atoms with Crippen molar-refractivity contribution in [3.63, 3.8) is 0 Å². The molecule has 1 N–H and O–H groups in total. The predicted octanol–water partition coefficient (Wildman–Crippen LogP) is 4.63. The maximum atomic E-state index is 12.9. The van der Waals surface area contributed by atoms with Crippen LogP contribution >= 0.6 is 23.2 Å². The van der Waals surface area contributed by atoms with Crippen molar-refractivity contribution in [3.05, 3.63) is 94.0 Å². The first-order valence-corrected chi connectivity index (χ1v) is 11.7. The van der Waals surface area contributed by atoms with Gasteiger partial charge in [-0.2, -0.15) is 0 Å². The van der Waals surface area contributed by atoms with Crippen molar-refractivity contribution in [2.24, 2.45) is 0 Å². The third kappa shape index (κ3) is 5.85. The molecule has 0 saturated heterocycles. The fourth-order valence-corrected chi connectivity index (χ4v) is 4.11. The molecule has 3 aromatic carbocycles. The number of halogens is 2. The molecule has 0 fully saturated rings. The Balaban J connectivity index is 1.88. The molecule has 0 heterocycles. The number of benzene rings is 3. The average Bonchev–Trinajstić information content (AvgIpc) is 2.72. The second-order valence-electron chi connectivity index (χ2n) is 6.68. The molecule has 160 valence electrons. The molecule has 0 atom stereocenters. The van der Waals surface area contributed by atoms with Crippen LogP contribution in [-0.4, -0.2) is 32.9 Å². The van der Waals surface area contributed by atoms with Gasteiger partial charge in [0.1, 0.15) is 6.54 Å². The van der Waals surface area contributed by atoms with Crippen molar-refractivity contribution in [2.45, 2.75) is 0 Å². The van der Waals surface area contributed by atoms with E-state index in [1.807, 2.05) is 0 Å². The van der Waals surface area contributed by atoms with Crippen LogP contribution in [0, 0.1) is 0 Å². The van der Waals surface area contributed by atoms with E-state index in [-0.39, 0.29) is 22.7 Å². The van der Waals surface area contributed by atoms with Crippen molar-refractivity contribution in [2.75, 3.05) is 22.4 Å². The van der Waals surface area contributed by atoms with Crippen LogP contribution < -0.4 is 9.62 Å². The van der Waals surface area contributed by atoms with Crippen LogP contribution in [0.2, 0.25) is 10.0 Å². The third-order valence-corrected chi connectivity index (χ3v) is 5.93. The number of carbonyl (C=O) groups is 2. The van der Waals surface area contributed by atoms with Gasteiger partial charge in [0.25, 0.3) is 0 Å². The van der Waals surface area contributed by atoms with Crippen molar-refractivity contribution >= 4 is 56.3 Å². The molecule has 0 aliphatic carbocycles. The Labute approximate surface area is 190 Å². The molecule has 6 nitrogen and oxygen atoms in total. The Kier molecular flexibility index (Phi) is 7.00. The zero-order chi connectivity index (χ0) is 22.6. The van der Waals surface area contributed by atoms with E-state index < -0.39 is 22.5 Å². The Hall–Kier alpha value is -2.87. The van der Waals surface area contributed by atoms with Crippen LogP contribution in [0.3, 0.4) is 0 Å². The van der Waals surface area contributed by atoms with E-state index in [9.17, 15) is 18.0 Å². The number of amides is 1. The molecule has 3 aromatic rings. The van der Waals surface area contributed by atoms with Crippen molar-refractivity contribution in [1.82, 2.24) is 0 Å². The predicted molar refractivity (Wildman–Crippen MR) is 124 cm³/mol. The highest BCUT2D eigenvalue weighted by Crippen LogP contribution is 2.25. The highest BCUT2D eigenvalue weighted by molar-refractivity contribution is 7.92. The number of ketones is 1. The summed E-state index contributed by atoms with van der Waals surface area (Å²) in [5.41, 5.74) is 1.10. The highest BCUT2D eigenvalue weighted by Gasteiger charge is 2.22. The second-order valence-corrected chi connectivity index (χ2v) is 9.46. The van der Waals surface area contributed by atoms with Gasteiger partial charge in [0.2, 0.25) is 15.9 Å². The first-order chi connectivity index (χ1) is 14.6. The number of hydrogen-bond acceptors (Lipinski definition) is 4. The molecule has 0 aliphatic heterocycles. The van der Waals surface area contributed by atoms with Crippen molar-refractivity contribution in [3.8, 4) is 0 Å². The van der Waals surface area contributed by atoms with Crippen LogP contribution in [0.25, 0.3) is 0 Å². The van der Waals surface area contributed by atoms with Gasteiger partial charge in [0, 0.05) is 21.2 Å². The summed E-state index contributed by atoms with van der Waals surface area (Å²) in [6.07, 6.45) is 0.994. The van der Waals surface area contributed by atoms with E-state index in [2.05, 4.69) is 5.32 Å². The lowest BCUT2D eigenvalue weighted by Crippen LogP contribution is -2.37. The number of carbonyl (C=O) groups excluding carboxylic acids is 2. The van der Waals surface area contributed by atoms with Crippen molar-refractivity contribution in [1.29, 1.82) is 0 Å². The summed E-state index contributed by atoms with van der Waals surface area (Å²) in [4.78, 5) is 25.6. The molecular weight excluding hydrogens is 459 g/mol. The molecule has 0 aliphatic rings. The molecule has 3 rings (SSSR count). The number of rotatable bonds is 7. The van der Waals surface area contributed by atoms with Crippen LogP contribution in [0.15, 0.2) is 72.8 Å². The molecule has 0 spiro atoms. The van der Waals surface area contributed by atoms with Gasteiger partial charge in [-0.3, -0.25) is 13.9 Å². The fraction of sp³-hybridized carbons (Fsp3) is 0.0909. The highest BCUT2D eigenvalue weighted by atomic mass is 35.5. The number of sulfonamides is 1. The number of nitrogens with zero attached hydrogens (tertiary/aromatic N) is 1. The average molecular weight is 477 g/mol. The normalized spacial score (nSPS) is 11.1. The Bertz CT molecular complexity index is 1230. The summed E-state index contributed by atoms with van der Waals surface area (Å²) in [5.74, 6) is -0.956. The van der Waals surface area contributed by atoms with Crippen LogP contribution in [0.5, 0.6) is 0 Å². The lowest BCUT2D eigenvalue weighted by atomic mass is 10.0. The van der Waals surface area contributed by atoms with E-state index in [0.29, 0.717) is 15.6 Å². The first kappa shape index (κ1) is 22.8. The molecule has 31 heavy (non-hydrogen) atoms. The SMILES string of the molecule is CS(=O)(=O)N(CC(=O)Nc1ccc(Cl)cc1C(=O)c1ccccc1)c1cccc(Cl)c1. The molecule has 0 bridgehead atoms. The zero-order valence-electron chi connectivity index (χ0n) is 16.4. The summed E-state index contributed by atoms with van der Waals surface area (Å²) >= 11 is 12.0. The summed E-state index contributed by atoms with van der Waals surface area (Å²) in [6, 6.07) is 19.2. The quantitative estimate of drug-likeness (QED) is 0.503. The standard InChI is InChI=1S/C22H18Cl2N2O4S/c1-31(29,30)26(18-9-5-8-16(23)12-18)14-21(27)25-20-11-10-17(24)13-19(20)22(28)15-6-3-2-4-7-15/h2-13H,14H2,1H3,(H,25,27). The molecule has 0 radical (unpaired) electrons. The fourth-order valence-electron chi connectivity index (χ4n) is 2.91. The summed E-state index contributed by atoms with van der Waals surface area (Å²) in [5, 5.41) is 3.28. The summed E-state index contributed by atoms with van der Waals surface area (Å²) < 4.78 is 25.5. The van der Waals surface area contributed by atoms with E-state index >= 15 is 0 Å². The van der Waals surface area contributed by atoms with E-state index in [0.717, 1.165) is 10.6 Å². The molecule has 0 unspecified atom stereocenters. The Morgan fingerprint density at radius 1 is 0.903 bits per heavy atom. The molecule has 9 heteroatoms. The topological polar surface area (TPSA) is 83.6 Å². The molecule has 0 saturated carbocycles. The smallest absolute Gasteiger partial charge is 0.245 e. The number of anilines is 2. The maximum Gasteiger partial charge on any atom is 0.245 e. The molecular formula is C22H18Cl2N2O4S. The summed E-state index contributed by atoms with van der Waals surface area (Å²) in [7, 11) is -3.77. The maximum absolute atomic E-state index is 12.9. The van der Waals surface area contributed by atoms with Gasteiger partial charge in [-0.05, 0) is 36.4 Å². The minimum absolute atomic E-state index is 0.195. The molecule has 0 aromatic heterocycles. The lowest BCUT2D eigenvalue weighted by Gasteiger charge is -2.22. The number of hydrogen-bond donors (Lipinski definition) is 1. The van der Waals surface area contributed by atoms with Crippen molar-refractivity contribution < 1.29 is 18.0 Å². The van der Waals surface area contributed by atoms with E-state index in [4.69, 9.17) is 23.2 Å².